The summed E-state index contributed by atoms with van der Waals surface area (Å²) in [5, 5.41) is 3.22. The van der Waals surface area contributed by atoms with Gasteiger partial charge in [0, 0.05) is 44.1 Å². The van der Waals surface area contributed by atoms with Gasteiger partial charge in [0.05, 0.1) is 25.1 Å². The van der Waals surface area contributed by atoms with Gasteiger partial charge >= 0.3 is 0 Å². The van der Waals surface area contributed by atoms with Crippen molar-refractivity contribution in [2.24, 2.45) is 0 Å². The number of morpholine rings is 1. The van der Waals surface area contributed by atoms with Gasteiger partial charge in [0.1, 0.15) is 5.82 Å². The van der Waals surface area contributed by atoms with Crippen LogP contribution in [0.5, 0.6) is 0 Å². The lowest BCUT2D eigenvalue weighted by Crippen LogP contribution is -2.40. The van der Waals surface area contributed by atoms with Gasteiger partial charge in [-0.2, -0.15) is 0 Å². The zero-order valence-electron chi connectivity index (χ0n) is 12.3. The maximum absolute atomic E-state index is 12.3. The largest absolute Gasteiger partial charge is 0.378 e. The van der Waals surface area contributed by atoms with Crippen LogP contribution in [0.15, 0.2) is 30.9 Å². The van der Waals surface area contributed by atoms with Gasteiger partial charge in [0.15, 0.2) is 0 Å². The zero-order valence-corrected chi connectivity index (χ0v) is 12.3. The summed E-state index contributed by atoms with van der Waals surface area (Å²) in [7, 11) is 0. The molecule has 1 saturated heterocycles. The number of anilines is 1. The molecule has 0 aromatic carbocycles. The van der Waals surface area contributed by atoms with Crippen molar-refractivity contribution in [3.05, 3.63) is 42.1 Å². The molecular formula is C15H19N5O2. The van der Waals surface area contributed by atoms with Crippen LogP contribution in [0.4, 0.5) is 5.82 Å². The first kappa shape index (κ1) is 14.5. The van der Waals surface area contributed by atoms with Crippen LogP contribution in [0.25, 0.3) is 0 Å². The molecule has 0 atom stereocenters. The van der Waals surface area contributed by atoms with Gasteiger partial charge in [-0.25, -0.2) is 9.97 Å². The van der Waals surface area contributed by atoms with Crippen LogP contribution in [0.2, 0.25) is 0 Å². The Morgan fingerprint density at radius 2 is 2.18 bits per heavy atom. The van der Waals surface area contributed by atoms with Crippen LogP contribution in [0.1, 0.15) is 16.1 Å². The van der Waals surface area contributed by atoms with E-state index in [1.165, 1.54) is 0 Å². The monoisotopic (exact) mass is 301 g/mol. The predicted octanol–water partition coefficient (Wildman–Crippen LogP) is 0.932. The Hall–Kier alpha value is -2.41. The molecule has 2 aromatic rings. The second kappa shape index (κ2) is 7.04. The number of nitrogens with one attached hydrogen (secondary N) is 2. The molecule has 3 rings (SSSR count). The van der Waals surface area contributed by atoms with E-state index in [4.69, 9.17) is 4.74 Å². The van der Waals surface area contributed by atoms with Crippen molar-refractivity contribution in [1.29, 1.82) is 0 Å². The summed E-state index contributed by atoms with van der Waals surface area (Å²) in [5.41, 5.74) is 1.69. The number of hydrogen-bond acceptors (Lipinski definition) is 5. The molecule has 0 spiro atoms. The molecule has 22 heavy (non-hydrogen) atoms. The predicted molar refractivity (Wildman–Crippen MR) is 81.7 cm³/mol. The van der Waals surface area contributed by atoms with E-state index in [1.807, 2.05) is 12.1 Å². The number of hydrogen-bond donors (Lipinski definition) is 2. The summed E-state index contributed by atoms with van der Waals surface area (Å²) in [6.07, 6.45) is 5.94. The van der Waals surface area contributed by atoms with Crippen molar-refractivity contribution in [1.82, 2.24) is 19.9 Å². The number of ether oxygens (including phenoxy) is 1. The van der Waals surface area contributed by atoms with Crippen LogP contribution in [0.3, 0.4) is 0 Å². The third-order valence-corrected chi connectivity index (χ3v) is 3.56. The summed E-state index contributed by atoms with van der Waals surface area (Å²) < 4.78 is 5.25. The number of carbonyl (C=O) groups excluding carboxylic acids is 1. The highest BCUT2D eigenvalue weighted by molar-refractivity contribution is 5.94. The Balaban J connectivity index is 1.52. The second-order valence-corrected chi connectivity index (χ2v) is 5.09. The third-order valence-electron chi connectivity index (χ3n) is 3.56. The minimum atomic E-state index is 0.0137. The first-order valence-electron chi connectivity index (χ1n) is 7.37. The van der Waals surface area contributed by atoms with Crippen LogP contribution in [-0.4, -0.2) is 58.6 Å². The van der Waals surface area contributed by atoms with Gasteiger partial charge in [-0.3, -0.25) is 4.79 Å². The molecule has 0 bridgehead atoms. The van der Waals surface area contributed by atoms with Crippen molar-refractivity contribution in [2.75, 3.05) is 38.2 Å². The molecule has 7 nitrogen and oxygen atoms in total. The Kier molecular flexibility index (Phi) is 4.65. The first-order chi connectivity index (χ1) is 10.8. The molecule has 1 fully saturated rings. The number of H-pyrrole nitrogens is 1. The highest BCUT2D eigenvalue weighted by atomic mass is 16.5. The fourth-order valence-corrected chi connectivity index (χ4v) is 2.32. The van der Waals surface area contributed by atoms with E-state index >= 15 is 0 Å². The molecule has 7 heteroatoms. The fourth-order valence-electron chi connectivity index (χ4n) is 2.32. The van der Waals surface area contributed by atoms with Crippen molar-refractivity contribution in [2.45, 2.75) is 6.42 Å². The number of nitrogens with zero attached hydrogens (tertiary/aromatic N) is 3. The fraction of sp³-hybridized carbons (Fsp3) is 0.400. The number of rotatable bonds is 5. The third kappa shape index (κ3) is 3.62. The van der Waals surface area contributed by atoms with E-state index in [0.29, 0.717) is 31.9 Å². The maximum Gasteiger partial charge on any atom is 0.255 e. The Labute approximate surface area is 128 Å². The normalized spacial score (nSPS) is 14.8. The first-order valence-corrected chi connectivity index (χ1v) is 7.37. The quantitative estimate of drug-likeness (QED) is 0.858. The van der Waals surface area contributed by atoms with Gasteiger partial charge in [-0.1, -0.05) is 0 Å². The molecule has 0 saturated carbocycles. The van der Waals surface area contributed by atoms with Gasteiger partial charge in [-0.05, 0) is 12.1 Å². The van der Waals surface area contributed by atoms with Crippen molar-refractivity contribution >= 4 is 11.7 Å². The van der Waals surface area contributed by atoms with E-state index in [0.717, 1.165) is 24.5 Å². The van der Waals surface area contributed by atoms with Crippen LogP contribution < -0.4 is 5.32 Å². The topological polar surface area (TPSA) is 83.1 Å². The van der Waals surface area contributed by atoms with Crippen LogP contribution in [0, 0.1) is 0 Å². The van der Waals surface area contributed by atoms with Gasteiger partial charge in [0.2, 0.25) is 0 Å². The SMILES string of the molecule is O=C(c1ccc(NCCc2cnc[nH]2)nc1)N1CCOCC1. The van der Waals surface area contributed by atoms with E-state index in [9.17, 15) is 4.79 Å². The molecule has 116 valence electrons. The number of aromatic nitrogens is 3. The molecule has 0 unspecified atom stereocenters. The summed E-state index contributed by atoms with van der Waals surface area (Å²) in [5.74, 6) is 0.776. The van der Waals surface area contributed by atoms with E-state index in [2.05, 4.69) is 20.3 Å². The van der Waals surface area contributed by atoms with E-state index < -0.39 is 0 Å². The highest BCUT2D eigenvalue weighted by Crippen LogP contribution is 2.09. The molecule has 0 aliphatic carbocycles. The molecular weight excluding hydrogens is 282 g/mol. The van der Waals surface area contributed by atoms with E-state index in [-0.39, 0.29) is 5.91 Å². The number of amides is 1. The molecule has 2 N–H and O–H groups in total. The van der Waals surface area contributed by atoms with E-state index in [1.54, 1.807) is 23.6 Å². The van der Waals surface area contributed by atoms with Gasteiger partial charge in [0.25, 0.3) is 5.91 Å². The van der Waals surface area contributed by atoms with Gasteiger partial charge in [-0.15, -0.1) is 0 Å². The standard InChI is InChI=1S/C15H19N5O2/c21-15(20-5-7-22-8-6-20)12-1-2-14(18-9-12)17-4-3-13-10-16-11-19-13/h1-2,9-11H,3-8H2,(H,16,19)(H,17,18). The minimum Gasteiger partial charge on any atom is -0.378 e. The Morgan fingerprint density at radius 3 is 2.86 bits per heavy atom. The molecule has 2 aromatic heterocycles. The Morgan fingerprint density at radius 1 is 1.32 bits per heavy atom. The Bertz CT molecular complexity index is 591. The number of aromatic amines is 1. The molecule has 3 heterocycles. The average molecular weight is 301 g/mol. The summed E-state index contributed by atoms with van der Waals surface area (Å²) in [6, 6.07) is 3.64. The number of pyridine rings is 1. The molecule has 1 aliphatic heterocycles. The minimum absolute atomic E-state index is 0.0137. The average Bonchev–Trinajstić information content (AvgIpc) is 3.09. The lowest BCUT2D eigenvalue weighted by Gasteiger charge is -2.26. The molecule has 1 amide bonds. The van der Waals surface area contributed by atoms with Crippen LogP contribution >= 0.6 is 0 Å². The van der Waals surface area contributed by atoms with Gasteiger partial charge < -0.3 is 19.9 Å². The van der Waals surface area contributed by atoms with Crippen LogP contribution in [-0.2, 0) is 11.2 Å². The molecule has 0 radical (unpaired) electrons. The second-order valence-electron chi connectivity index (χ2n) is 5.09. The van der Waals surface area contributed by atoms with Crippen molar-refractivity contribution < 1.29 is 9.53 Å². The summed E-state index contributed by atoms with van der Waals surface area (Å²) in [4.78, 5) is 25.4. The smallest absolute Gasteiger partial charge is 0.255 e. The zero-order chi connectivity index (χ0) is 15.2. The lowest BCUT2D eigenvalue weighted by atomic mass is 10.2. The van der Waals surface area contributed by atoms with Crippen molar-refractivity contribution in [3.63, 3.8) is 0 Å². The molecule has 1 aliphatic rings. The summed E-state index contributed by atoms with van der Waals surface area (Å²) in [6.45, 7) is 3.25. The number of imidazole rings is 1. The van der Waals surface area contributed by atoms with Crippen molar-refractivity contribution in [3.8, 4) is 0 Å². The highest BCUT2D eigenvalue weighted by Gasteiger charge is 2.18. The summed E-state index contributed by atoms with van der Waals surface area (Å²) >= 11 is 0. The lowest BCUT2D eigenvalue weighted by molar-refractivity contribution is 0.0302. The number of carbonyl (C=O) groups is 1. The maximum atomic E-state index is 12.3.